The van der Waals surface area contributed by atoms with E-state index in [-0.39, 0.29) is 18.2 Å². The Labute approximate surface area is 140 Å². The number of methoxy groups -OCH3 is 1. The van der Waals surface area contributed by atoms with Crippen molar-refractivity contribution >= 4 is 28.2 Å². The largest absolute Gasteiger partial charge is 0.452 e. The summed E-state index contributed by atoms with van der Waals surface area (Å²) in [6.07, 6.45) is 0.494. The zero-order valence-electron chi connectivity index (χ0n) is 13.8. The molecule has 1 aromatic carbocycles. The third-order valence-electron chi connectivity index (χ3n) is 4.29. The van der Waals surface area contributed by atoms with Crippen molar-refractivity contribution in [2.45, 2.75) is 39.3 Å². The van der Waals surface area contributed by atoms with Crippen LogP contribution in [0.25, 0.3) is 0 Å². The second kappa shape index (κ2) is 6.20. The van der Waals surface area contributed by atoms with E-state index in [4.69, 9.17) is 4.74 Å². The fraction of sp³-hybridized carbons (Fsp3) is 0.412. The molecule has 2 heterocycles. The van der Waals surface area contributed by atoms with Crippen LogP contribution in [0.5, 0.6) is 0 Å². The van der Waals surface area contributed by atoms with E-state index in [1.165, 1.54) is 12.0 Å². The predicted octanol–water partition coefficient (Wildman–Crippen LogP) is 4.28. The van der Waals surface area contributed by atoms with Crippen LogP contribution >= 0.6 is 11.3 Å². The highest BCUT2D eigenvalue weighted by atomic mass is 32.1. The number of benzene rings is 1. The van der Waals surface area contributed by atoms with Gasteiger partial charge >= 0.3 is 6.09 Å². The normalized spacial score (nSPS) is 20.1. The number of hydrogen-bond acceptors (Lipinski definition) is 5. The molecule has 3 rings (SSSR count). The number of anilines is 2. The number of nitrogens with one attached hydrogen (secondary N) is 1. The average Bonchev–Trinajstić information content (AvgIpc) is 2.85. The van der Waals surface area contributed by atoms with Crippen molar-refractivity contribution in [2.24, 2.45) is 0 Å². The minimum absolute atomic E-state index is 0.0528. The smallest absolute Gasteiger partial charge is 0.414 e. The van der Waals surface area contributed by atoms with Gasteiger partial charge in [-0.25, -0.2) is 9.78 Å². The number of amides is 1. The molecule has 0 bridgehead atoms. The topological polar surface area (TPSA) is 54.5 Å². The Kier molecular flexibility index (Phi) is 4.26. The summed E-state index contributed by atoms with van der Waals surface area (Å²) in [6.45, 7) is 6.14. The van der Waals surface area contributed by atoms with Gasteiger partial charge in [0, 0.05) is 10.9 Å². The van der Waals surface area contributed by atoms with Crippen molar-refractivity contribution in [2.75, 3.05) is 17.3 Å². The monoisotopic (exact) mass is 331 g/mol. The maximum absolute atomic E-state index is 12.1. The van der Waals surface area contributed by atoms with Gasteiger partial charge in [-0.05, 0) is 38.8 Å². The van der Waals surface area contributed by atoms with Crippen LogP contribution in [0.2, 0.25) is 0 Å². The van der Waals surface area contributed by atoms with Crippen molar-refractivity contribution in [3.63, 3.8) is 0 Å². The molecule has 0 unspecified atom stereocenters. The van der Waals surface area contributed by atoms with Crippen LogP contribution in [0.3, 0.4) is 0 Å². The summed E-state index contributed by atoms with van der Waals surface area (Å²) < 4.78 is 4.95. The van der Waals surface area contributed by atoms with E-state index in [2.05, 4.69) is 23.3 Å². The van der Waals surface area contributed by atoms with Gasteiger partial charge in [-0.15, -0.1) is 11.3 Å². The first-order chi connectivity index (χ1) is 11.0. The molecule has 122 valence electrons. The van der Waals surface area contributed by atoms with Crippen molar-refractivity contribution in [1.29, 1.82) is 0 Å². The highest BCUT2D eigenvalue weighted by Gasteiger charge is 2.34. The Hall–Kier alpha value is -2.08. The molecule has 6 heteroatoms. The van der Waals surface area contributed by atoms with Crippen molar-refractivity contribution in [1.82, 2.24) is 4.98 Å². The second-order valence-corrected chi connectivity index (χ2v) is 7.04. The lowest BCUT2D eigenvalue weighted by Gasteiger charge is -2.38. The van der Waals surface area contributed by atoms with E-state index in [9.17, 15) is 4.79 Å². The van der Waals surface area contributed by atoms with E-state index in [0.717, 1.165) is 28.5 Å². The zero-order valence-corrected chi connectivity index (χ0v) is 14.6. The number of fused-ring (bicyclic) bond motifs is 1. The van der Waals surface area contributed by atoms with Crippen LogP contribution in [-0.2, 0) is 4.74 Å². The van der Waals surface area contributed by atoms with Gasteiger partial charge in [0.2, 0.25) is 0 Å². The summed E-state index contributed by atoms with van der Waals surface area (Å²) in [5.41, 5.74) is 3.06. The van der Waals surface area contributed by atoms with Crippen molar-refractivity contribution in [3.8, 4) is 0 Å². The van der Waals surface area contributed by atoms with E-state index >= 15 is 0 Å². The van der Waals surface area contributed by atoms with Gasteiger partial charge in [-0.2, -0.15) is 0 Å². The van der Waals surface area contributed by atoms with Gasteiger partial charge in [-0.3, -0.25) is 4.90 Å². The molecule has 1 aromatic heterocycles. The predicted molar refractivity (Wildman–Crippen MR) is 93.4 cm³/mol. The standard InChI is InChI=1S/C17H21N3O2S/c1-10-9-14(19-16-18-11(2)12(3)23-16)13-7-5-6-8-15(13)20(10)17(21)22-4/h5-8,10,14H,9H2,1-4H3,(H,18,19)/t10-,14+/m1/s1. The Morgan fingerprint density at radius 3 is 2.78 bits per heavy atom. The molecule has 23 heavy (non-hydrogen) atoms. The molecular formula is C17H21N3O2S. The summed E-state index contributed by atoms with van der Waals surface area (Å²) in [7, 11) is 1.42. The number of rotatable bonds is 2. The first-order valence-electron chi connectivity index (χ1n) is 7.68. The number of nitrogens with zero attached hydrogens (tertiary/aromatic N) is 2. The van der Waals surface area contributed by atoms with Crippen molar-refractivity contribution in [3.05, 3.63) is 40.4 Å². The molecule has 1 amide bonds. The summed E-state index contributed by atoms with van der Waals surface area (Å²) in [4.78, 5) is 19.7. The highest BCUT2D eigenvalue weighted by molar-refractivity contribution is 7.15. The number of carbonyl (C=O) groups is 1. The number of hydrogen-bond donors (Lipinski definition) is 1. The Bertz CT molecular complexity index is 709. The lowest BCUT2D eigenvalue weighted by molar-refractivity contribution is 0.175. The van der Waals surface area contributed by atoms with Crippen LogP contribution in [0.15, 0.2) is 24.3 Å². The summed E-state index contributed by atoms with van der Waals surface area (Å²) >= 11 is 1.67. The average molecular weight is 331 g/mol. The highest BCUT2D eigenvalue weighted by Crippen LogP contribution is 2.39. The molecule has 0 radical (unpaired) electrons. The molecule has 1 aliphatic heterocycles. The number of ether oxygens (including phenoxy) is 1. The summed E-state index contributed by atoms with van der Waals surface area (Å²) in [5.74, 6) is 0. The van der Waals surface area contributed by atoms with Gasteiger partial charge in [0.15, 0.2) is 5.13 Å². The SMILES string of the molecule is COC(=O)N1c2ccccc2[C@@H](Nc2nc(C)c(C)s2)C[C@H]1C. The first-order valence-corrected chi connectivity index (χ1v) is 8.49. The molecule has 0 fully saturated rings. The molecule has 1 N–H and O–H groups in total. The number of aromatic nitrogens is 1. The summed E-state index contributed by atoms with van der Waals surface area (Å²) in [6, 6.07) is 8.15. The lowest BCUT2D eigenvalue weighted by atomic mass is 9.92. The van der Waals surface area contributed by atoms with E-state index in [0.29, 0.717) is 0 Å². The molecule has 0 spiro atoms. The fourth-order valence-corrected chi connectivity index (χ4v) is 3.88. The number of thiazole rings is 1. The first kappa shape index (κ1) is 15.8. The maximum atomic E-state index is 12.1. The van der Waals surface area contributed by atoms with Gasteiger partial charge < -0.3 is 10.1 Å². The molecule has 2 aromatic rings. The zero-order chi connectivity index (χ0) is 16.6. The van der Waals surface area contributed by atoms with Gasteiger partial charge in [0.05, 0.1) is 24.5 Å². The minimum Gasteiger partial charge on any atom is -0.452 e. The van der Waals surface area contributed by atoms with E-state index in [1.807, 2.05) is 32.0 Å². The van der Waals surface area contributed by atoms with Gasteiger partial charge in [-0.1, -0.05) is 18.2 Å². The Morgan fingerprint density at radius 2 is 2.13 bits per heavy atom. The van der Waals surface area contributed by atoms with Crippen LogP contribution in [-0.4, -0.2) is 24.2 Å². The van der Waals surface area contributed by atoms with Crippen LogP contribution in [0, 0.1) is 13.8 Å². The molecule has 0 saturated heterocycles. The molecule has 0 saturated carbocycles. The quantitative estimate of drug-likeness (QED) is 0.892. The third-order valence-corrected chi connectivity index (χ3v) is 5.29. The molecule has 0 aliphatic carbocycles. The molecule has 5 nitrogen and oxygen atoms in total. The van der Waals surface area contributed by atoms with Gasteiger partial charge in [0.25, 0.3) is 0 Å². The minimum atomic E-state index is -0.315. The van der Waals surface area contributed by atoms with E-state index < -0.39 is 0 Å². The van der Waals surface area contributed by atoms with Crippen molar-refractivity contribution < 1.29 is 9.53 Å². The molecule has 2 atom stereocenters. The van der Waals surface area contributed by atoms with Gasteiger partial charge in [0.1, 0.15) is 0 Å². The Morgan fingerprint density at radius 1 is 1.39 bits per heavy atom. The second-order valence-electron chi connectivity index (χ2n) is 5.84. The fourth-order valence-electron chi connectivity index (χ4n) is 3.01. The number of carbonyl (C=O) groups excluding carboxylic acids is 1. The number of para-hydroxylation sites is 1. The van der Waals surface area contributed by atoms with E-state index in [1.54, 1.807) is 16.2 Å². The number of aryl methyl sites for hydroxylation is 2. The molecular weight excluding hydrogens is 310 g/mol. The maximum Gasteiger partial charge on any atom is 0.414 e. The van der Waals surface area contributed by atoms with Crippen LogP contribution in [0.4, 0.5) is 15.6 Å². The van der Waals surface area contributed by atoms with Crippen LogP contribution in [0.1, 0.15) is 35.5 Å². The lowest BCUT2D eigenvalue weighted by Crippen LogP contribution is -2.44. The Balaban J connectivity index is 1.95. The third kappa shape index (κ3) is 2.91. The van der Waals surface area contributed by atoms with Crippen LogP contribution < -0.4 is 10.2 Å². The molecule has 1 aliphatic rings. The summed E-state index contributed by atoms with van der Waals surface area (Å²) in [5, 5.41) is 4.46.